The van der Waals surface area contributed by atoms with Gasteiger partial charge in [0.05, 0.1) is 0 Å². The molecule has 0 saturated heterocycles. The Morgan fingerprint density at radius 3 is 2.62 bits per heavy atom. The Bertz CT molecular complexity index is 731. The molecular formula is C15H18ClN3O2. The second-order valence-electron chi connectivity index (χ2n) is 5.05. The van der Waals surface area contributed by atoms with Gasteiger partial charge in [-0.05, 0) is 38.5 Å². The second-order valence-corrected chi connectivity index (χ2v) is 5.46. The molecule has 0 atom stereocenters. The number of carbonyl (C=O) groups excluding carboxylic acids is 1. The van der Waals surface area contributed by atoms with Gasteiger partial charge in [0.15, 0.2) is 0 Å². The van der Waals surface area contributed by atoms with Gasteiger partial charge in [0.2, 0.25) is 5.91 Å². The monoisotopic (exact) mass is 307 g/mol. The molecule has 2 aromatic rings. The van der Waals surface area contributed by atoms with Gasteiger partial charge in [-0.3, -0.25) is 9.36 Å². The molecule has 1 amide bonds. The van der Waals surface area contributed by atoms with Crippen molar-refractivity contribution in [1.29, 1.82) is 0 Å². The number of nitrogens with one attached hydrogen (secondary N) is 2. The van der Waals surface area contributed by atoms with Crippen LogP contribution in [0.5, 0.6) is 0 Å². The number of H-pyrrole nitrogens is 1. The maximum atomic E-state index is 11.9. The third-order valence-corrected chi connectivity index (χ3v) is 3.91. The van der Waals surface area contributed by atoms with E-state index in [2.05, 4.69) is 10.3 Å². The highest BCUT2D eigenvalue weighted by molar-refractivity contribution is 6.31. The molecule has 2 rings (SSSR count). The van der Waals surface area contributed by atoms with Crippen molar-refractivity contribution in [1.82, 2.24) is 9.55 Å². The van der Waals surface area contributed by atoms with Gasteiger partial charge in [-0.25, -0.2) is 4.79 Å². The molecule has 0 aliphatic carbocycles. The lowest BCUT2D eigenvalue weighted by atomic mass is 10.2. The van der Waals surface area contributed by atoms with Crippen LogP contribution in [0.2, 0.25) is 5.02 Å². The lowest BCUT2D eigenvalue weighted by Crippen LogP contribution is -2.22. The van der Waals surface area contributed by atoms with Crippen molar-refractivity contribution in [2.75, 3.05) is 5.32 Å². The summed E-state index contributed by atoms with van der Waals surface area (Å²) in [6, 6.07) is 5.37. The van der Waals surface area contributed by atoms with Crippen LogP contribution in [-0.2, 0) is 11.3 Å². The fourth-order valence-electron chi connectivity index (χ4n) is 2.05. The zero-order valence-corrected chi connectivity index (χ0v) is 13.0. The Hall–Kier alpha value is -2.01. The van der Waals surface area contributed by atoms with Crippen molar-refractivity contribution in [2.45, 2.75) is 33.7 Å². The summed E-state index contributed by atoms with van der Waals surface area (Å²) < 4.78 is 1.57. The summed E-state index contributed by atoms with van der Waals surface area (Å²) in [6.07, 6.45) is 0.226. The number of anilines is 1. The van der Waals surface area contributed by atoms with Gasteiger partial charge in [-0.2, -0.15) is 0 Å². The maximum absolute atomic E-state index is 11.9. The number of aromatic amines is 1. The number of rotatable bonds is 4. The predicted molar refractivity (Wildman–Crippen MR) is 84.0 cm³/mol. The first-order chi connectivity index (χ1) is 9.88. The summed E-state index contributed by atoms with van der Waals surface area (Å²) in [6.45, 7) is 5.93. The molecular weight excluding hydrogens is 290 g/mol. The number of amides is 1. The number of nitrogens with zero attached hydrogens (tertiary/aromatic N) is 1. The van der Waals surface area contributed by atoms with Crippen LogP contribution in [0.15, 0.2) is 23.0 Å². The van der Waals surface area contributed by atoms with Gasteiger partial charge in [-0.15, -0.1) is 0 Å². The van der Waals surface area contributed by atoms with Crippen molar-refractivity contribution in [2.24, 2.45) is 0 Å². The van der Waals surface area contributed by atoms with E-state index in [4.69, 9.17) is 11.6 Å². The quantitative estimate of drug-likeness (QED) is 0.912. The number of benzene rings is 1. The fraction of sp³-hybridized carbons (Fsp3) is 0.333. The largest absolute Gasteiger partial charge is 0.326 e. The third kappa shape index (κ3) is 3.55. The normalized spacial score (nSPS) is 10.7. The summed E-state index contributed by atoms with van der Waals surface area (Å²) >= 11 is 6.01. The molecule has 2 N–H and O–H groups in total. The SMILES string of the molecule is Cc1ccc(NC(=O)CCn2c(C)c(C)[nH]c2=O)cc1Cl. The van der Waals surface area contributed by atoms with Crippen LogP contribution < -0.4 is 11.0 Å². The number of hydrogen-bond donors (Lipinski definition) is 2. The standard InChI is InChI=1S/C15H18ClN3O2/c1-9-4-5-12(8-13(9)16)18-14(20)6-7-19-11(3)10(2)17-15(19)21/h4-5,8H,6-7H2,1-3H3,(H,17,21)(H,18,20). The first-order valence-corrected chi connectivity index (χ1v) is 7.08. The topological polar surface area (TPSA) is 66.9 Å². The van der Waals surface area contributed by atoms with Gasteiger partial charge < -0.3 is 10.3 Å². The number of hydrogen-bond acceptors (Lipinski definition) is 2. The van der Waals surface area contributed by atoms with E-state index in [-0.39, 0.29) is 18.0 Å². The first-order valence-electron chi connectivity index (χ1n) is 6.70. The molecule has 112 valence electrons. The Balaban J connectivity index is 1.99. The van der Waals surface area contributed by atoms with Crippen LogP contribution in [0.4, 0.5) is 5.69 Å². The molecule has 0 fully saturated rings. The average molecular weight is 308 g/mol. The molecule has 0 saturated carbocycles. The molecule has 0 unspecified atom stereocenters. The van der Waals surface area contributed by atoms with Crippen LogP contribution in [0.3, 0.4) is 0 Å². The zero-order chi connectivity index (χ0) is 15.6. The molecule has 0 radical (unpaired) electrons. The summed E-state index contributed by atoms with van der Waals surface area (Å²) in [4.78, 5) is 26.3. The number of carbonyl (C=O) groups is 1. The Kier molecular flexibility index (Phi) is 4.53. The number of imidazole rings is 1. The Morgan fingerprint density at radius 2 is 2.05 bits per heavy atom. The van der Waals surface area contributed by atoms with E-state index in [0.717, 1.165) is 17.0 Å². The average Bonchev–Trinajstić information content (AvgIpc) is 2.66. The second kappa shape index (κ2) is 6.18. The highest BCUT2D eigenvalue weighted by atomic mass is 35.5. The molecule has 6 heteroatoms. The summed E-state index contributed by atoms with van der Waals surface area (Å²) in [5.41, 5.74) is 3.11. The van der Waals surface area contributed by atoms with Gasteiger partial charge in [-0.1, -0.05) is 17.7 Å². The van der Waals surface area contributed by atoms with E-state index >= 15 is 0 Å². The van der Waals surface area contributed by atoms with Crippen molar-refractivity contribution >= 4 is 23.2 Å². The van der Waals surface area contributed by atoms with E-state index in [1.54, 1.807) is 16.7 Å². The van der Waals surface area contributed by atoms with Gasteiger partial charge in [0, 0.05) is 35.1 Å². The van der Waals surface area contributed by atoms with E-state index < -0.39 is 0 Å². The molecule has 0 aliphatic heterocycles. The lowest BCUT2D eigenvalue weighted by molar-refractivity contribution is -0.116. The molecule has 0 spiro atoms. The van der Waals surface area contributed by atoms with Crippen molar-refractivity contribution in [3.63, 3.8) is 0 Å². The molecule has 0 aliphatic rings. The number of aryl methyl sites for hydroxylation is 2. The van der Waals surface area contributed by atoms with E-state index in [1.807, 2.05) is 26.8 Å². The summed E-state index contributed by atoms with van der Waals surface area (Å²) in [7, 11) is 0. The smallest absolute Gasteiger partial charge is 0.325 e. The van der Waals surface area contributed by atoms with Crippen LogP contribution in [-0.4, -0.2) is 15.5 Å². The molecule has 21 heavy (non-hydrogen) atoms. The van der Waals surface area contributed by atoms with Crippen LogP contribution in [0.1, 0.15) is 23.4 Å². The van der Waals surface area contributed by atoms with Gasteiger partial charge in [0.25, 0.3) is 0 Å². The fourth-order valence-corrected chi connectivity index (χ4v) is 2.23. The highest BCUT2D eigenvalue weighted by Gasteiger charge is 2.09. The first kappa shape index (κ1) is 15.4. The van der Waals surface area contributed by atoms with Crippen molar-refractivity contribution in [3.05, 3.63) is 50.7 Å². The lowest BCUT2D eigenvalue weighted by Gasteiger charge is -2.08. The zero-order valence-electron chi connectivity index (χ0n) is 12.3. The third-order valence-electron chi connectivity index (χ3n) is 3.51. The van der Waals surface area contributed by atoms with Crippen LogP contribution in [0.25, 0.3) is 0 Å². The maximum Gasteiger partial charge on any atom is 0.325 e. The summed E-state index contributed by atoms with van der Waals surface area (Å²) in [5, 5.41) is 3.39. The van der Waals surface area contributed by atoms with E-state index in [1.165, 1.54) is 0 Å². The molecule has 0 bridgehead atoms. The Morgan fingerprint density at radius 1 is 1.33 bits per heavy atom. The number of halogens is 1. The molecule has 5 nitrogen and oxygen atoms in total. The van der Waals surface area contributed by atoms with Gasteiger partial charge >= 0.3 is 5.69 Å². The molecule has 1 heterocycles. The van der Waals surface area contributed by atoms with Gasteiger partial charge in [0.1, 0.15) is 0 Å². The van der Waals surface area contributed by atoms with Crippen molar-refractivity contribution in [3.8, 4) is 0 Å². The highest BCUT2D eigenvalue weighted by Crippen LogP contribution is 2.20. The predicted octanol–water partition coefficient (Wildman–Crippen LogP) is 2.78. The summed E-state index contributed by atoms with van der Waals surface area (Å²) in [5.74, 6) is -0.153. The molecule has 1 aromatic carbocycles. The molecule has 1 aromatic heterocycles. The minimum Gasteiger partial charge on any atom is -0.326 e. The minimum absolute atomic E-state index is 0.153. The van der Waals surface area contributed by atoms with Crippen LogP contribution in [0, 0.1) is 20.8 Å². The number of aromatic nitrogens is 2. The minimum atomic E-state index is -0.184. The van der Waals surface area contributed by atoms with E-state index in [0.29, 0.717) is 17.3 Å². The van der Waals surface area contributed by atoms with Crippen molar-refractivity contribution < 1.29 is 4.79 Å². The van der Waals surface area contributed by atoms with E-state index in [9.17, 15) is 9.59 Å². The van der Waals surface area contributed by atoms with Crippen LogP contribution >= 0.6 is 11.6 Å². The Labute approximate surface area is 127 Å².